The van der Waals surface area contributed by atoms with Gasteiger partial charge in [-0.15, -0.1) is 12.3 Å². The van der Waals surface area contributed by atoms with Gasteiger partial charge >= 0.3 is 0 Å². The Bertz CT molecular complexity index is 171. The van der Waals surface area contributed by atoms with Crippen molar-refractivity contribution in [2.24, 2.45) is 0 Å². The van der Waals surface area contributed by atoms with Gasteiger partial charge in [0, 0.05) is 6.42 Å². The lowest BCUT2D eigenvalue weighted by Gasteiger charge is -2.21. The van der Waals surface area contributed by atoms with E-state index in [0.29, 0.717) is 0 Å². The SMILES string of the molecule is C#CCCCC[C@@](C)(C=O)NC. The zero-order valence-electron chi connectivity index (χ0n) is 7.89. The van der Waals surface area contributed by atoms with Crippen LogP contribution in [0.15, 0.2) is 0 Å². The molecule has 0 saturated heterocycles. The number of nitrogens with one attached hydrogen (secondary N) is 1. The molecule has 1 atom stereocenters. The van der Waals surface area contributed by atoms with E-state index in [-0.39, 0.29) is 5.54 Å². The zero-order valence-corrected chi connectivity index (χ0v) is 7.89. The summed E-state index contributed by atoms with van der Waals surface area (Å²) >= 11 is 0. The van der Waals surface area contributed by atoms with Gasteiger partial charge in [-0.1, -0.05) is 6.42 Å². The second-order valence-electron chi connectivity index (χ2n) is 3.20. The number of hydrogen-bond acceptors (Lipinski definition) is 2. The number of rotatable bonds is 6. The number of carbonyl (C=O) groups is 1. The summed E-state index contributed by atoms with van der Waals surface area (Å²) in [5, 5.41) is 2.99. The third kappa shape index (κ3) is 4.15. The van der Waals surface area contributed by atoms with Crippen LogP contribution in [0.1, 0.15) is 32.6 Å². The predicted molar refractivity (Wildman–Crippen MR) is 50.8 cm³/mol. The van der Waals surface area contributed by atoms with E-state index in [2.05, 4.69) is 11.2 Å². The number of unbranched alkanes of at least 4 members (excludes halogenated alkanes) is 2. The number of carbonyl (C=O) groups excluding carboxylic acids is 1. The van der Waals surface area contributed by atoms with E-state index >= 15 is 0 Å². The van der Waals surface area contributed by atoms with Gasteiger partial charge in [0.25, 0.3) is 0 Å². The minimum Gasteiger partial charge on any atom is -0.308 e. The molecule has 0 aliphatic heterocycles. The van der Waals surface area contributed by atoms with E-state index in [1.807, 2.05) is 6.92 Å². The molecule has 0 radical (unpaired) electrons. The Labute approximate surface area is 74.7 Å². The first-order valence-electron chi connectivity index (χ1n) is 4.27. The zero-order chi connectivity index (χ0) is 9.45. The highest BCUT2D eigenvalue weighted by Gasteiger charge is 2.19. The van der Waals surface area contributed by atoms with Gasteiger partial charge in [0.1, 0.15) is 6.29 Å². The first kappa shape index (κ1) is 11.2. The van der Waals surface area contributed by atoms with E-state index in [4.69, 9.17) is 6.42 Å². The van der Waals surface area contributed by atoms with Crippen molar-refractivity contribution in [2.45, 2.75) is 38.1 Å². The second kappa shape index (κ2) is 5.79. The molecule has 0 amide bonds. The first-order valence-corrected chi connectivity index (χ1v) is 4.27. The van der Waals surface area contributed by atoms with Crippen molar-refractivity contribution in [3.05, 3.63) is 0 Å². The van der Waals surface area contributed by atoms with Gasteiger partial charge in [-0.3, -0.25) is 0 Å². The molecule has 68 valence electrons. The highest BCUT2D eigenvalue weighted by molar-refractivity contribution is 5.63. The lowest BCUT2D eigenvalue weighted by atomic mass is 9.96. The maximum absolute atomic E-state index is 10.6. The van der Waals surface area contributed by atoms with Gasteiger partial charge in [-0.2, -0.15) is 0 Å². The molecular weight excluding hydrogens is 150 g/mol. The summed E-state index contributed by atoms with van der Waals surface area (Å²) in [6, 6.07) is 0. The van der Waals surface area contributed by atoms with Gasteiger partial charge in [0.2, 0.25) is 0 Å². The highest BCUT2D eigenvalue weighted by atomic mass is 16.1. The van der Waals surface area contributed by atoms with Crippen LogP contribution in [0.4, 0.5) is 0 Å². The second-order valence-corrected chi connectivity index (χ2v) is 3.20. The summed E-state index contributed by atoms with van der Waals surface area (Å²) in [5.41, 5.74) is -0.366. The van der Waals surface area contributed by atoms with Gasteiger partial charge < -0.3 is 10.1 Å². The lowest BCUT2D eigenvalue weighted by molar-refractivity contribution is -0.112. The molecule has 0 saturated carbocycles. The molecule has 2 nitrogen and oxygen atoms in total. The summed E-state index contributed by atoms with van der Waals surface area (Å²) in [5.74, 6) is 2.58. The van der Waals surface area contributed by atoms with Crippen molar-refractivity contribution >= 4 is 6.29 Å². The normalized spacial score (nSPS) is 14.8. The van der Waals surface area contributed by atoms with Crippen molar-refractivity contribution < 1.29 is 4.79 Å². The summed E-state index contributed by atoms with van der Waals surface area (Å²) < 4.78 is 0. The predicted octanol–water partition coefficient (Wildman–Crippen LogP) is 1.36. The number of terminal acetylenes is 1. The van der Waals surface area contributed by atoms with Crippen molar-refractivity contribution in [1.82, 2.24) is 5.32 Å². The van der Waals surface area contributed by atoms with Crippen molar-refractivity contribution in [1.29, 1.82) is 0 Å². The van der Waals surface area contributed by atoms with E-state index in [9.17, 15) is 4.79 Å². The van der Waals surface area contributed by atoms with E-state index in [1.165, 1.54) is 0 Å². The molecule has 0 aliphatic carbocycles. The third-order valence-corrected chi connectivity index (χ3v) is 2.10. The largest absolute Gasteiger partial charge is 0.308 e. The number of aldehydes is 1. The maximum atomic E-state index is 10.6. The molecule has 1 N–H and O–H groups in total. The van der Waals surface area contributed by atoms with Crippen molar-refractivity contribution in [3.8, 4) is 12.3 Å². The monoisotopic (exact) mass is 167 g/mol. The summed E-state index contributed by atoms with van der Waals surface area (Å²) in [7, 11) is 1.80. The van der Waals surface area contributed by atoms with Crippen molar-refractivity contribution in [2.75, 3.05) is 7.05 Å². The Balaban J connectivity index is 3.60. The fourth-order valence-electron chi connectivity index (χ4n) is 0.962. The van der Waals surface area contributed by atoms with E-state index in [1.54, 1.807) is 7.05 Å². The fraction of sp³-hybridized carbons (Fsp3) is 0.700. The number of likely N-dealkylation sites (N-methyl/N-ethyl adjacent to an activating group) is 1. The maximum Gasteiger partial charge on any atom is 0.139 e. The average Bonchev–Trinajstić information content (AvgIpc) is 2.12. The van der Waals surface area contributed by atoms with Crippen LogP contribution in [0.25, 0.3) is 0 Å². The molecular formula is C10H17NO. The molecule has 2 heteroatoms. The Morgan fingerprint density at radius 2 is 2.25 bits per heavy atom. The molecule has 0 fully saturated rings. The molecule has 0 unspecified atom stereocenters. The fourth-order valence-corrected chi connectivity index (χ4v) is 0.962. The summed E-state index contributed by atoms with van der Waals surface area (Å²) in [4.78, 5) is 10.6. The molecule has 0 bridgehead atoms. The van der Waals surface area contributed by atoms with Gasteiger partial charge in [-0.05, 0) is 26.8 Å². The van der Waals surface area contributed by atoms with Gasteiger partial charge in [0.05, 0.1) is 5.54 Å². The van der Waals surface area contributed by atoms with E-state index in [0.717, 1.165) is 32.0 Å². The van der Waals surface area contributed by atoms with Gasteiger partial charge in [-0.25, -0.2) is 0 Å². The minimum absolute atomic E-state index is 0.366. The van der Waals surface area contributed by atoms with Crippen molar-refractivity contribution in [3.63, 3.8) is 0 Å². The molecule has 12 heavy (non-hydrogen) atoms. The van der Waals surface area contributed by atoms with Crippen LogP contribution in [0, 0.1) is 12.3 Å². The van der Waals surface area contributed by atoms with Crippen LogP contribution < -0.4 is 5.32 Å². The molecule has 0 aromatic rings. The molecule has 0 spiro atoms. The van der Waals surface area contributed by atoms with Crippen LogP contribution in [0.5, 0.6) is 0 Å². The Hall–Kier alpha value is -0.810. The van der Waals surface area contributed by atoms with Gasteiger partial charge in [0.15, 0.2) is 0 Å². The Kier molecular flexibility index (Phi) is 5.40. The van der Waals surface area contributed by atoms with Crippen LogP contribution in [-0.4, -0.2) is 18.9 Å². The molecule has 0 aliphatic rings. The smallest absolute Gasteiger partial charge is 0.139 e. The number of hydrogen-bond donors (Lipinski definition) is 1. The quantitative estimate of drug-likeness (QED) is 0.367. The third-order valence-electron chi connectivity index (χ3n) is 2.10. The topological polar surface area (TPSA) is 29.1 Å². The van der Waals surface area contributed by atoms with Crippen LogP contribution in [0.3, 0.4) is 0 Å². The Morgan fingerprint density at radius 1 is 1.58 bits per heavy atom. The minimum atomic E-state index is -0.366. The highest BCUT2D eigenvalue weighted by Crippen LogP contribution is 2.11. The first-order chi connectivity index (χ1) is 5.68. The lowest BCUT2D eigenvalue weighted by Crippen LogP contribution is -2.41. The van der Waals surface area contributed by atoms with Crippen LogP contribution >= 0.6 is 0 Å². The van der Waals surface area contributed by atoms with Crippen LogP contribution in [-0.2, 0) is 4.79 Å². The molecule has 0 heterocycles. The molecule has 0 aromatic carbocycles. The van der Waals surface area contributed by atoms with E-state index < -0.39 is 0 Å². The summed E-state index contributed by atoms with van der Waals surface area (Å²) in [6.45, 7) is 1.90. The van der Waals surface area contributed by atoms with Crippen LogP contribution in [0.2, 0.25) is 0 Å². The standard InChI is InChI=1S/C10H17NO/c1-4-5-6-7-8-10(2,9-12)11-3/h1,9,11H,5-8H2,2-3H3/t10-/m0/s1. The average molecular weight is 167 g/mol. The Morgan fingerprint density at radius 3 is 2.67 bits per heavy atom. The molecule has 0 aromatic heterocycles. The molecule has 0 rings (SSSR count). The summed E-state index contributed by atoms with van der Waals surface area (Å²) in [6.07, 6.45) is 9.73.